The molecular formula is C20H19ClN4O2. The molecule has 3 aromatic rings. The molecule has 0 saturated heterocycles. The largest absolute Gasteiger partial charge is 0.496 e. The molecule has 0 bridgehead atoms. The molecule has 0 atom stereocenters. The summed E-state index contributed by atoms with van der Waals surface area (Å²) in [4.78, 5) is 21.2. The number of amides is 1. The van der Waals surface area contributed by atoms with Gasteiger partial charge in [0.05, 0.1) is 17.8 Å². The second-order valence-electron chi connectivity index (χ2n) is 5.82. The zero-order chi connectivity index (χ0) is 19.2. The molecule has 6 nitrogen and oxygen atoms in total. The molecule has 27 heavy (non-hydrogen) atoms. The van der Waals surface area contributed by atoms with E-state index < -0.39 is 0 Å². The summed E-state index contributed by atoms with van der Waals surface area (Å²) >= 11 is 6.15. The van der Waals surface area contributed by atoms with Gasteiger partial charge in [-0.3, -0.25) is 4.79 Å². The van der Waals surface area contributed by atoms with E-state index in [4.69, 9.17) is 16.3 Å². The van der Waals surface area contributed by atoms with Gasteiger partial charge in [0.2, 0.25) is 5.95 Å². The molecule has 0 fully saturated rings. The lowest BCUT2D eigenvalue weighted by atomic mass is 10.2. The molecule has 1 heterocycles. The highest BCUT2D eigenvalue weighted by atomic mass is 35.5. The van der Waals surface area contributed by atoms with E-state index >= 15 is 0 Å². The van der Waals surface area contributed by atoms with Crippen molar-refractivity contribution in [3.63, 3.8) is 0 Å². The molecule has 1 amide bonds. The third-order valence-electron chi connectivity index (χ3n) is 3.84. The Kier molecular flexibility index (Phi) is 5.88. The van der Waals surface area contributed by atoms with Crippen LogP contribution in [0.1, 0.15) is 21.7 Å². The third kappa shape index (κ3) is 4.74. The van der Waals surface area contributed by atoms with E-state index in [0.29, 0.717) is 28.9 Å². The molecule has 0 aliphatic heterocycles. The molecule has 0 radical (unpaired) electrons. The van der Waals surface area contributed by atoms with Gasteiger partial charge in [0, 0.05) is 17.8 Å². The van der Waals surface area contributed by atoms with Crippen molar-refractivity contribution >= 4 is 29.1 Å². The highest BCUT2D eigenvalue weighted by Gasteiger charge is 2.12. The lowest BCUT2D eigenvalue weighted by Gasteiger charge is -2.11. The van der Waals surface area contributed by atoms with Gasteiger partial charge in [-0.05, 0) is 31.2 Å². The minimum Gasteiger partial charge on any atom is -0.496 e. The normalized spacial score (nSPS) is 10.3. The van der Waals surface area contributed by atoms with Gasteiger partial charge in [0.15, 0.2) is 0 Å². The Morgan fingerprint density at radius 3 is 2.63 bits per heavy atom. The SMILES string of the molecule is COc1ccccc1CNC(=O)c1cc(C)nc(Nc2ccccc2Cl)n1. The molecule has 2 N–H and O–H groups in total. The van der Waals surface area contributed by atoms with Crippen LogP contribution < -0.4 is 15.4 Å². The van der Waals surface area contributed by atoms with Crippen LogP contribution in [0.4, 0.5) is 11.6 Å². The summed E-state index contributed by atoms with van der Waals surface area (Å²) in [5, 5.41) is 6.45. The van der Waals surface area contributed by atoms with Crippen molar-refractivity contribution in [2.75, 3.05) is 12.4 Å². The quantitative estimate of drug-likeness (QED) is 0.670. The van der Waals surface area contributed by atoms with Crippen molar-refractivity contribution in [3.05, 3.63) is 76.6 Å². The van der Waals surface area contributed by atoms with Crippen molar-refractivity contribution in [2.45, 2.75) is 13.5 Å². The van der Waals surface area contributed by atoms with E-state index in [1.165, 1.54) is 0 Å². The molecule has 0 unspecified atom stereocenters. The average molecular weight is 383 g/mol. The molecular weight excluding hydrogens is 364 g/mol. The summed E-state index contributed by atoms with van der Waals surface area (Å²) < 4.78 is 5.30. The smallest absolute Gasteiger partial charge is 0.270 e. The van der Waals surface area contributed by atoms with Gasteiger partial charge in [-0.15, -0.1) is 0 Å². The lowest BCUT2D eigenvalue weighted by Crippen LogP contribution is -2.24. The van der Waals surface area contributed by atoms with Gasteiger partial charge >= 0.3 is 0 Å². The number of para-hydroxylation sites is 2. The second-order valence-corrected chi connectivity index (χ2v) is 6.22. The van der Waals surface area contributed by atoms with Crippen LogP contribution in [-0.2, 0) is 6.54 Å². The number of carbonyl (C=O) groups is 1. The van der Waals surface area contributed by atoms with E-state index in [-0.39, 0.29) is 11.6 Å². The Hall–Kier alpha value is -3.12. The summed E-state index contributed by atoms with van der Waals surface area (Å²) in [6.07, 6.45) is 0. The number of ether oxygens (including phenoxy) is 1. The highest BCUT2D eigenvalue weighted by molar-refractivity contribution is 6.33. The first-order chi connectivity index (χ1) is 13.1. The number of aromatic nitrogens is 2. The molecule has 0 saturated carbocycles. The molecule has 2 aromatic carbocycles. The van der Waals surface area contributed by atoms with Crippen molar-refractivity contribution in [1.82, 2.24) is 15.3 Å². The molecule has 1 aromatic heterocycles. The van der Waals surface area contributed by atoms with Crippen molar-refractivity contribution in [2.24, 2.45) is 0 Å². The fourth-order valence-electron chi connectivity index (χ4n) is 2.54. The first-order valence-electron chi connectivity index (χ1n) is 8.34. The Morgan fingerprint density at radius 2 is 1.85 bits per heavy atom. The van der Waals surface area contributed by atoms with Crippen LogP contribution in [0.25, 0.3) is 0 Å². The maximum absolute atomic E-state index is 12.5. The van der Waals surface area contributed by atoms with Gasteiger partial charge in [0.1, 0.15) is 11.4 Å². The van der Waals surface area contributed by atoms with Gasteiger partial charge in [-0.2, -0.15) is 0 Å². The number of aryl methyl sites for hydroxylation is 1. The van der Waals surface area contributed by atoms with Crippen molar-refractivity contribution in [3.8, 4) is 5.75 Å². The highest BCUT2D eigenvalue weighted by Crippen LogP contribution is 2.23. The molecule has 7 heteroatoms. The van der Waals surface area contributed by atoms with Crippen LogP contribution in [0.2, 0.25) is 5.02 Å². The Balaban J connectivity index is 1.75. The molecule has 0 spiro atoms. The number of carbonyl (C=O) groups excluding carboxylic acids is 1. The summed E-state index contributed by atoms with van der Waals surface area (Å²) in [5.74, 6) is 0.733. The maximum atomic E-state index is 12.5. The predicted octanol–water partition coefficient (Wildman–Crippen LogP) is 4.12. The van der Waals surface area contributed by atoms with Crippen LogP contribution in [0.15, 0.2) is 54.6 Å². The number of benzene rings is 2. The fourth-order valence-corrected chi connectivity index (χ4v) is 2.72. The van der Waals surface area contributed by atoms with Gasteiger partial charge < -0.3 is 15.4 Å². The fraction of sp³-hybridized carbons (Fsp3) is 0.150. The predicted molar refractivity (Wildman–Crippen MR) is 106 cm³/mol. The molecule has 138 valence electrons. The zero-order valence-corrected chi connectivity index (χ0v) is 15.7. The van der Waals surface area contributed by atoms with Crippen LogP contribution in [0.3, 0.4) is 0 Å². The number of hydrogen-bond donors (Lipinski definition) is 2. The number of nitrogens with zero attached hydrogens (tertiary/aromatic N) is 2. The van der Waals surface area contributed by atoms with Gasteiger partial charge in [0.25, 0.3) is 5.91 Å². The summed E-state index contributed by atoms with van der Waals surface area (Å²) in [7, 11) is 1.60. The molecule has 0 aliphatic carbocycles. The van der Waals surface area contributed by atoms with Gasteiger partial charge in [-0.25, -0.2) is 9.97 Å². The average Bonchev–Trinajstić information content (AvgIpc) is 2.67. The summed E-state index contributed by atoms with van der Waals surface area (Å²) in [6.45, 7) is 2.13. The zero-order valence-electron chi connectivity index (χ0n) is 15.0. The number of nitrogens with one attached hydrogen (secondary N) is 2. The monoisotopic (exact) mass is 382 g/mol. The van der Waals surface area contributed by atoms with Crippen LogP contribution >= 0.6 is 11.6 Å². The minimum absolute atomic E-state index is 0.270. The standard InChI is InChI=1S/C20H19ClN4O2/c1-13-11-17(19(26)22-12-14-7-3-6-10-18(14)27-2)25-20(23-13)24-16-9-5-4-8-15(16)21/h3-11H,12H2,1-2H3,(H,22,26)(H,23,24,25). The van der Waals surface area contributed by atoms with E-state index in [1.54, 1.807) is 26.2 Å². The first-order valence-corrected chi connectivity index (χ1v) is 8.72. The summed E-state index contributed by atoms with van der Waals surface area (Å²) in [6, 6.07) is 16.4. The van der Waals surface area contributed by atoms with E-state index in [1.807, 2.05) is 42.5 Å². The van der Waals surface area contributed by atoms with Gasteiger partial charge in [-0.1, -0.05) is 41.9 Å². The van der Waals surface area contributed by atoms with E-state index in [2.05, 4.69) is 20.6 Å². The van der Waals surface area contributed by atoms with E-state index in [9.17, 15) is 4.79 Å². The molecule has 3 rings (SSSR count). The van der Waals surface area contributed by atoms with Crippen molar-refractivity contribution < 1.29 is 9.53 Å². The summed E-state index contributed by atoms with van der Waals surface area (Å²) in [5.41, 5.74) is 2.49. The third-order valence-corrected chi connectivity index (χ3v) is 4.17. The number of methoxy groups -OCH3 is 1. The number of anilines is 2. The Morgan fingerprint density at radius 1 is 1.11 bits per heavy atom. The number of halogens is 1. The van der Waals surface area contributed by atoms with Crippen LogP contribution in [-0.4, -0.2) is 23.0 Å². The number of hydrogen-bond acceptors (Lipinski definition) is 5. The minimum atomic E-state index is -0.298. The van der Waals surface area contributed by atoms with Crippen LogP contribution in [0, 0.1) is 6.92 Å². The van der Waals surface area contributed by atoms with Crippen LogP contribution in [0.5, 0.6) is 5.75 Å². The lowest BCUT2D eigenvalue weighted by molar-refractivity contribution is 0.0945. The maximum Gasteiger partial charge on any atom is 0.270 e. The Bertz CT molecular complexity index is 962. The Labute approximate surface area is 162 Å². The van der Waals surface area contributed by atoms with Crippen molar-refractivity contribution in [1.29, 1.82) is 0 Å². The second kappa shape index (κ2) is 8.51. The molecule has 0 aliphatic rings. The van der Waals surface area contributed by atoms with E-state index in [0.717, 1.165) is 11.3 Å². The first kappa shape index (κ1) is 18.7. The topological polar surface area (TPSA) is 76.1 Å². The number of rotatable bonds is 6.